The second kappa shape index (κ2) is 8.00. The van der Waals surface area contributed by atoms with Crippen LogP contribution in [-0.4, -0.2) is 36.0 Å². The van der Waals surface area contributed by atoms with E-state index >= 15 is 0 Å². The molecule has 152 valence electrons. The Balaban J connectivity index is 1.91. The Morgan fingerprint density at radius 3 is 2.43 bits per heavy atom. The van der Waals surface area contributed by atoms with Gasteiger partial charge in [-0.05, 0) is 29.8 Å². The molecule has 1 fully saturated rings. The van der Waals surface area contributed by atoms with E-state index in [4.69, 9.17) is 9.47 Å². The summed E-state index contributed by atoms with van der Waals surface area (Å²) in [6.07, 6.45) is 1.56. The van der Waals surface area contributed by atoms with Crippen molar-refractivity contribution in [2.45, 2.75) is 6.04 Å². The lowest BCUT2D eigenvalue weighted by molar-refractivity contribution is -0.132. The Morgan fingerprint density at radius 2 is 1.80 bits per heavy atom. The maximum atomic E-state index is 13.0. The van der Waals surface area contributed by atoms with Crippen LogP contribution in [-0.2, 0) is 9.59 Å². The second-order valence-electron chi connectivity index (χ2n) is 6.49. The van der Waals surface area contributed by atoms with E-state index in [1.807, 2.05) is 0 Å². The summed E-state index contributed by atoms with van der Waals surface area (Å²) >= 11 is 1.24. The van der Waals surface area contributed by atoms with Gasteiger partial charge in [0.2, 0.25) is 0 Å². The number of nitrogens with zero attached hydrogens (tertiary/aromatic N) is 2. The summed E-state index contributed by atoms with van der Waals surface area (Å²) in [6.45, 7) is 0. The average Bonchev–Trinajstić information content (AvgIpc) is 3.40. The lowest BCUT2D eigenvalue weighted by Gasteiger charge is -2.23. The number of ether oxygens (including phenoxy) is 2. The highest BCUT2D eigenvalue weighted by Gasteiger charge is 2.47. The molecular formula is C22H18N2O5S. The van der Waals surface area contributed by atoms with Gasteiger partial charge in [-0.2, -0.15) is 0 Å². The van der Waals surface area contributed by atoms with Gasteiger partial charge in [-0.1, -0.05) is 24.3 Å². The first-order valence-electron chi connectivity index (χ1n) is 9.04. The number of hydrogen-bond acceptors (Lipinski definition) is 7. The first-order valence-corrected chi connectivity index (χ1v) is 9.92. The van der Waals surface area contributed by atoms with Crippen LogP contribution in [0.1, 0.15) is 17.2 Å². The van der Waals surface area contributed by atoms with Gasteiger partial charge in [-0.25, -0.2) is 4.98 Å². The lowest BCUT2D eigenvalue weighted by Crippen LogP contribution is -2.29. The third kappa shape index (κ3) is 3.31. The van der Waals surface area contributed by atoms with Crippen molar-refractivity contribution in [1.82, 2.24) is 4.98 Å². The third-order valence-corrected chi connectivity index (χ3v) is 5.62. The highest BCUT2D eigenvalue weighted by molar-refractivity contribution is 7.14. The Morgan fingerprint density at radius 1 is 1.07 bits per heavy atom. The number of rotatable bonds is 5. The molecule has 1 aromatic heterocycles. The maximum Gasteiger partial charge on any atom is 0.301 e. The van der Waals surface area contributed by atoms with Crippen LogP contribution in [0.3, 0.4) is 0 Å². The number of thiazole rings is 1. The van der Waals surface area contributed by atoms with Crippen molar-refractivity contribution in [3.63, 3.8) is 0 Å². The lowest BCUT2D eigenvalue weighted by atomic mass is 9.95. The van der Waals surface area contributed by atoms with E-state index in [0.29, 0.717) is 27.8 Å². The Bertz CT molecular complexity index is 1120. The van der Waals surface area contributed by atoms with E-state index in [9.17, 15) is 14.7 Å². The normalized spacial score (nSPS) is 17.9. The Labute approximate surface area is 176 Å². The predicted molar refractivity (Wildman–Crippen MR) is 113 cm³/mol. The highest BCUT2D eigenvalue weighted by atomic mass is 32.1. The second-order valence-corrected chi connectivity index (χ2v) is 7.36. The van der Waals surface area contributed by atoms with Gasteiger partial charge in [0, 0.05) is 17.1 Å². The van der Waals surface area contributed by atoms with Crippen LogP contribution < -0.4 is 14.4 Å². The van der Waals surface area contributed by atoms with E-state index in [0.717, 1.165) is 0 Å². The molecule has 8 heteroatoms. The van der Waals surface area contributed by atoms with Gasteiger partial charge in [0.1, 0.15) is 17.3 Å². The fourth-order valence-corrected chi connectivity index (χ4v) is 4.06. The minimum absolute atomic E-state index is 0.00591. The van der Waals surface area contributed by atoms with Crippen LogP contribution in [0.5, 0.6) is 11.5 Å². The molecule has 0 aliphatic carbocycles. The average molecular weight is 422 g/mol. The van der Waals surface area contributed by atoms with Crippen molar-refractivity contribution >= 4 is 33.9 Å². The number of methoxy groups -OCH3 is 2. The molecule has 1 unspecified atom stereocenters. The summed E-state index contributed by atoms with van der Waals surface area (Å²) < 4.78 is 10.4. The van der Waals surface area contributed by atoms with E-state index in [-0.39, 0.29) is 11.3 Å². The summed E-state index contributed by atoms with van der Waals surface area (Å²) in [5, 5.41) is 13.2. The van der Waals surface area contributed by atoms with Gasteiger partial charge in [-0.3, -0.25) is 14.5 Å². The third-order valence-electron chi connectivity index (χ3n) is 4.84. The monoisotopic (exact) mass is 422 g/mol. The number of ketones is 1. The molecule has 0 saturated carbocycles. The standard InChI is InChI=1S/C22H18N2O5S/c1-28-15-8-6-13(7-9-15)18-17(19(25)14-4-3-5-16(12-14)29-2)20(26)21(27)24(18)22-23-10-11-30-22/h3-12,18,25H,1-2H3. The molecular weight excluding hydrogens is 404 g/mol. The molecule has 0 bridgehead atoms. The van der Waals surface area contributed by atoms with Crippen molar-refractivity contribution in [2.24, 2.45) is 0 Å². The van der Waals surface area contributed by atoms with E-state index in [1.54, 1.807) is 67.2 Å². The SMILES string of the molecule is COc1ccc(C2C(=C(O)c3cccc(OC)c3)C(=O)C(=O)N2c2nccs2)cc1. The number of anilines is 1. The number of aliphatic hydroxyl groups is 1. The number of Topliss-reactive ketones (excluding diaryl/α,β-unsaturated/α-hetero) is 1. The van der Waals surface area contributed by atoms with Crippen molar-refractivity contribution in [1.29, 1.82) is 0 Å². The predicted octanol–water partition coefficient (Wildman–Crippen LogP) is 3.79. The molecule has 1 N–H and O–H groups in total. The maximum absolute atomic E-state index is 13.0. The van der Waals surface area contributed by atoms with Crippen LogP contribution in [0.15, 0.2) is 65.7 Å². The van der Waals surface area contributed by atoms with Gasteiger partial charge < -0.3 is 14.6 Å². The minimum Gasteiger partial charge on any atom is -0.507 e. The fraction of sp³-hybridized carbons (Fsp3) is 0.136. The highest BCUT2D eigenvalue weighted by Crippen LogP contribution is 2.43. The molecule has 0 radical (unpaired) electrons. The molecule has 7 nitrogen and oxygen atoms in total. The van der Waals surface area contributed by atoms with Crippen LogP contribution in [0.2, 0.25) is 0 Å². The number of carbonyl (C=O) groups is 2. The summed E-state index contributed by atoms with van der Waals surface area (Å²) in [7, 11) is 3.07. The zero-order chi connectivity index (χ0) is 21.3. The zero-order valence-corrected chi connectivity index (χ0v) is 17.1. The molecule has 1 aliphatic heterocycles. The first-order chi connectivity index (χ1) is 14.5. The first kappa shape index (κ1) is 19.7. The summed E-state index contributed by atoms with van der Waals surface area (Å²) in [5.41, 5.74) is 1.02. The molecule has 1 atom stereocenters. The molecule has 0 spiro atoms. The topological polar surface area (TPSA) is 89.0 Å². The summed E-state index contributed by atoms with van der Waals surface area (Å²) in [6, 6.07) is 12.9. The van der Waals surface area contributed by atoms with Gasteiger partial charge >= 0.3 is 5.91 Å². The number of hydrogen-bond donors (Lipinski definition) is 1. The summed E-state index contributed by atoms with van der Waals surface area (Å²) in [5.74, 6) is -0.624. The number of aromatic nitrogens is 1. The number of benzene rings is 2. The fourth-order valence-electron chi connectivity index (χ4n) is 3.39. The van der Waals surface area contributed by atoms with Crippen LogP contribution >= 0.6 is 11.3 Å². The minimum atomic E-state index is -0.826. The van der Waals surface area contributed by atoms with E-state index in [2.05, 4.69) is 4.98 Å². The molecule has 2 aromatic carbocycles. The van der Waals surface area contributed by atoms with Crippen molar-refractivity contribution in [2.75, 3.05) is 19.1 Å². The quantitative estimate of drug-likeness (QED) is 0.382. The molecule has 2 heterocycles. The van der Waals surface area contributed by atoms with Crippen molar-refractivity contribution in [3.05, 3.63) is 76.8 Å². The molecule has 30 heavy (non-hydrogen) atoms. The van der Waals surface area contributed by atoms with Crippen LogP contribution in [0, 0.1) is 0 Å². The molecule has 1 aliphatic rings. The molecule has 3 aromatic rings. The van der Waals surface area contributed by atoms with Crippen LogP contribution in [0.4, 0.5) is 5.13 Å². The van der Waals surface area contributed by atoms with Gasteiger partial charge in [0.15, 0.2) is 5.13 Å². The Kier molecular flexibility index (Phi) is 5.24. The van der Waals surface area contributed by atoms with E-state index < -0.39 is 17.7 Å². The molecule has 1 saturated heterocycles. The Hall–Kier alpha value is -3.65. The van der Waals surface area contributed by atoms with Gasteiger partial charge in [-0.15, -0.1) is 11.3 Å². The number of aliphatic hydroxyl groups excluding tert-OH is 1. The zero-order valence-electron chi connectivity index (χ0n) is 16.2. The number of carbonyl (C=O) groups excluding carboxylic acids is 2. The smallest absolute Gasteiger partial charge is 0.301 e. The van der Waals surface area contributed by atoms with Crippen molar-refractivity contribution < 1.29 is 24.2 Å². The largest absolute Gasteiger partial charge is 0.507 e. The van der Waals surface area contributed by atoms with Crippen LogP contribution in [0.25, 0.3) is 5.76 Å². The molecule has 1 amide bonds. The van der Waals surface area contributed by atoms with Gasteiger partial charge in [0.25, 0.3) is 5.78 Å². The van der Waals surface area contributed by atoms with Crippen molar-refractivity contribution in [3.8, 4) is 11.5 Å². The summed E-state index contributed by atoms with van der Waals surface area (Å²) in [4.78, 5) is 31.5. The van der Waals surface area contributed by atoms with Gasteiger partial charge in [0.05, 0.1) is 25.8 Å². The molecule has 4 rings (SSSR count). The number of amides is 1. The van der Waals surface area contributed by atoms with E-state index in [1.165, 1.54) is 23.3 Å².